The summed E-state index contributed by atoms with van der Waals surface area (Å²) in [5, 5.41) is 11.5. The molecule has 0 bridgehead atoms. The number of hydrogen-bond donors (Lipinski definition) is 2. The number of nitrogens with one attached hydrogen (secondary N) is 1. The molecule has 0 fully saturated rings. The van der Waals surface area contributed by atoms with Gasteiger partial charge in [-0.05, 0) is 18.1 Å². The Bertz CT molecular complexity index is 442. The minimum atomic E-state index is -1.05. The number of carbonyl (C=O) groups is 2. The fourth-order valence-corrected chi connectivity index (χ4v) is 2.42. The van der Waals surface area contributed by atoms with Crippen LogP contribution in [0.25, 0.3) is 0 Å². The normalized spacial score (nSPS) is 12.4. The number of amides is 1. The first-order valence-corrected chi connectivity index (χ1v) is 6.89. The fraction of sp³-hybridized carbons (Fsp3) is 0.538. The van der Waals surface area contributed by atoms with E-state index in [0.717, 1.165) is 4.88 Å². The maximum absolute atomic E-state index is 12.0. The molecule has 1 aromatic heterocycles. The highest BCUT2D eigenvalue weighted by molar-refractivity contribution is 7.14. The molecule has 5 nitrogen and oxygen atoms in total. The van der Waals surface area contributed by atoms with Gasteiger partial charge < -0.3 is 15.2 Å². The van der Waals surface area contributed by atoms with Gasteiger partial charge in [0.15, 0.2) is 0 Å². The van der Waals surface area contributed by atoms with Gasteiger partial charge in [-0.15, -0.1) is 11.3 Å². The van der Waals surface area contributed by atoms with E-state index < -0.39 is 12.0 Å². The smallest absolute Gasteiger partial charge is 0.326 e. The van der Waals surface area contributed by atoms with Gasteiger partial charge in [0, 0.05) is 25.0 Å². The lowest BCUT2D eigenvalue weighted by atomic mass is 10.2. The first-order valence-electron chi connectivity index (χ1n) is 6.08. The topological polar surface area (TPSA) is 75.6 Å². The van der Waals surface area contributed by atoms with Crippen LogP contribution < -0.4 is 5.32 Å². The van der Waals surface area contributed by atoms with Crippen LogP contribution in [0.1, 0.15) is 40.7 Å². The summed E-state index contributed by atoms with van der Waals surface area (Å²) in [7, 11) is 1.49. The minimum absolute atomic E-state index is 0.250. The number of aliphatic carboxylic acids is 1. The van der Waals surface area contributed by atoms with E-state index in [1.807, 2.05) is 19.9 Å². The van der Waals surface area contributed by atoms with E-state index in [9.17, 15) is 9.59 Å². The lowest BCUT2D eigenvalue weighted by molar-refractivity contribution is -0.139. The third-order valence-corrected chi connectivity index (χ3v) is 4.02. The van der Waals surface area contributed by atoms with Crippen LogP contribution in [-0.2, 0) is 9.53 Å². The van der Waals surface area contributed by atoms with Crippen molar-refractivity contribution in [2.75, 3.05) is 13.7 Å². The van der Waals surface area contributed by atoms with Crippen molar-refractivity contribution in [3.05, 3.63) is 21.9 Å². The van der Waals surface area contributed by atoms with Gasteiger partial charge >= 0.3 is 5.97 Å². The van der Waals surface area contributed by atoms with Crippen molar-refractivity contribution in [3.63, 3.8) is 0 Å². The van der Waals surface area contributed by atoms with Gasteiger partial charge in [-0.25, -0.2) is 4.79 Å². The summed E-state index contributed by atoms with van der Waals surface area (Å²) in [6, 6.07) is 2.71. The molecule has 1 unspecified atom stereocenters. The third-order valence-electron chi connectivity index (χ3n) is 2.63. The van der Waals surface area contributed by atoms with Crippen molar-refractivity contribution in [1.29, 1.82) is 0 Å². The number of methoxy groups -OCH3 is 1. The summed E-state index contributed by atoms with van der Waals surface area (Å²) in [5.74, 6) is -1.04. The molecule has 2 N–H and O–H groups in total. The highest BCUT2D eigenvalue weighted by Crippen LogP contribution is 2.24. The summed E-state index contributed by atoms with van der Waals surface area (Å²) in [5.41, 5.74) is 0. The molecule has 0 aliphatic rings. The van der Waals surface area contributed by atoms with Gasteiger partial charge in [0.25, 0.3) is 5.91 Å². The number of carboxylic acid groups (broad SMARTS) is 1. The number of ether oxygens (including phenoxy) is 1. The molecular weight excluding hydrogens is 266 g/mol. The molecule has 1 heterocycles. The molecule has 1 rings (SSSR count). The zero-order valence-corrected chi connectivity index (χ0v) is 12.1. The van der Waals surface area contributed by atoms with Gasteiger partial charge in [0.05, 0.1) is 4.88 Å². The van der Waals surface area contributed by atoms with Crippen molar-refractivity contribution in [2.45, 2.75) is 32.2 Å². The molecule has 0 radical (unpaired) electrons. The van der Waals surface area contributed by atoms with E-state index in [1.165, 1.54) is 18.4 Å². The van der Waals surface area contributed by atoms with Crippen molar-refractivity contribution < 1.29 is 19.4 Å². The zero-order chi connectivity index (χ0) is 14.4. The molecule has 19 heavy (non-hydrogen) atoms. The van der Waals surface area contributed by atoms with Gasteiger partial charge in [0.1, 0.15) is 6.04 Å². The van der Waals surface area contributed by atoms with Gasteiger partial charge in [-0.3, -0.25) is 4.79 Å². The fourth-order valence-electron chi connectivity index (χ4n) is 1.51. The molecule has 106 valence electrons. The Morgan fingerprint density at radius 2 is 2.11 bits per heavy atom. The van der Waals surface area contributed by atoms with Crippen LogP contribution in [0.5, 0.6) is 0 Å². The Morgan fingerprint density at radius 3 is 2.58 bits per heavy atom. The molecular formula is C13H19NO4S. The van der Waals surface area contributed by atoms with Crippen LogP contribution >= 0.6 is 11.3 Å². The molecule has 0 spiro atoms. The Hall–Kier alpha value is -1.40. The second kappa shape index (κ2) is 7.25. The first-order chi connectivity index (χ1) is 8.95. The van der Waals surface area contributed by atoms with Gasteiger partial charge in [-0.2, -0.15) is 0 Å². The highest BCUT2D eigenvalue weighted by atomic mass is 32.1. The highest BCUT2D eigenvalue weighted by Gasteiger charge is 2.21. The number of carbonyl (C=O) groups excluding carboxylic acids is 1. The lowest BCUT2D eigenvalue weighted by Crippen LogP contribution is -2.41. The number of carboxylic acids is 1. The summed E-state index contributed by atoms with van der Waals surface area (Å²) >= 11 is 1.39. The van der Waals surface area contributed by atoms with Crippen molar-refractivity contribution in [1.82, 2.24) is 5.32 Å². The third kappa shape index (κ3) is 4.65. The molecule has 1 atom stereocenters. The van der Waals surface area contributed by atoms with Crippen LogP contribution in [-0.4, -0.2) is 36.7 Å². The van der Waals surface area contributed by atoms with E-state index in [2.05, 4.69) is 5.32 Å². The maximum atomic E-state index is 12.0. The molecule has 0 aromatic carbocycles. The van der Waals surface area contributed by atoms with Crippen LogP contribution in [0.2, 0.25) is 0 Å². The second-order valence-electron chi connectivity index (χ2n) is 4.50. The van der Waals surface area contributed by atoms with Crippen LogP contribution in [0, 0.1) is 0 Å². The average Bonchev–Trinajstić information content (AvgIpc) is 2.83. The monoisotopic (exact) mass is 285 g/mol. The number of thiophene rings is 1. The molecule has 1 amide bonds. The van der Waals surface area contributed by atoms with E-state index in [0.29, 0.717) is 17.4 Å². The quantitative estimate of drug-likeness (QED) is 0.804. The Morgan fingerprint density at radius 1 is 1.42 bits per heavy atom. The summed E-state index contributed by atoms with van der Waals surface area (Å²) in [6.45, 7) is 4.39. The van der Waals surface area contributed by atoms with Gasteiger partial charge in [-0.1, -0.05) is 13.8 Å². The van der Waals surface area contributed by atoms with Crippen LogP contribution in [0.15, 0.2) is 12.1 Å². The second-order valence-corrected chi connectivity index (χ2v) is 5.62. The molecule has 0 aliphatic heterocycles. The van der Waals surface area contributed by atoms with Crippen molar-refractivity contribution in [2.24, 2.45) is 0 Å². The molecule has 0 saturated carbocycles. The Balaban J connectivity index is 2.67. The first kappa shape index (κ1) is 15.7. The Kier molecular flexibility index (Phi) is 5.98. The molecule has 1 aromatic rings. The Labute approximate surface area is 116 Å². The van der Waals surface area contributed by atoms with Crippen LogP contribution in [0.4, 0.5) is 0 Å². The molecule has 6 heteroatoms. The predicted octanol–water partition coefficient (Wildman–Crippen LogP) is 2.09. The number of hydrogen-bond acceptors (Lipinski definition) is 4. The van der Waals surface area contributed by atoms with Crippen molar-refractivity contribution >= 4 is 23.2 Å². The minimum Gasteiger partial charge on any atom is -0.480 e. The number of rotatable bonds is 7. The molecule has 0 saturated heterocycles. The predicted molar refractivity (Wildman–Crippen MR) is 73.8 cm³/mol. The zero-order valence-electron chi connectivity index (χ0n) is 11.3. The molecule has 0 aliphatic carbocycles. The van der Waals surface area contributed by atoms with Crippen LogP contribution in [0.3, 0.4) is 0 Å². The van der Waals surface area contributed by atoms with E-state index in [1.54, 1.807) is 6.07 Å². The largest absolute Gasteiger partial charge is 0.480 e. The van der Waals surface area contributed by atoms with E-state index >= 15 is 0 Å². The SMILES string of the molecule is COCCC(NC(=O)c1ccc(C(C)C)s1)C(=O)O. The maximum Gasteiger partial charge on any atom is 0.326 e. The van der Waals surface area contributed by atoms with Gasteiger partial charge in [0.2, 0.25) is 0 Å². The lowest BCUT2D eigenvalue weighted by Gasteiger charge is -2.13. The van der Waals surface area contributed by atoms with E-state index in [4.69, 9.17) is 9.84 Å². The van der Waals surface area contributed by atoms with E-state index in [-0.39, 0.29) is 12.3 Å². The summed E-state index contributed by atoms with van der Waals surface area (Å²) in [6.07, 6.45) is 0.250. The standard InChI is InChI=1S/C13H19NO4S/c1-8(2)10-4-5-11(19-10)12(15)14-9(13(16)17)6-7-18-3/h4-5,8-9H,6-7H2,1-3H3,(H,14,15)(H,16,17). The van der Waals surface area contributed by atoms with Crippen molar-refractivity contribution in [3.8, 4) is 0 Å². The average molecular weight is 285 g/mol. The summed E-state index contributed by atoms with van der Waals surface area (Å²) in [4.78, 5) is 24.6. The summed E-state index contributed by atoms with van der Waals surface area (Å²) < 4.78 is 4.83.